The van der Waals surface area contributed by atoms with Gasteiger partial charge in [0.2, 0.25) is 0 Å². The molecule has 0 radical (unpaired) electrons. The van der Waals surface area contributed by atoms with Gasteiger partial charge in [0.05, 0.1) is 0 Å². The molecule has 0 saturated carbocycles. The monoisotopic (exact) mass is 709 g/mol. The number of hydrogen-bond acceptors (Lipinski definition) is 2. The van der Waals surface area contributed by atoms with Crippen LogP contribution in [-0.2, 0) is 10.8 Å². The molecule has 0 spiro atoms. The molecule has 1 nitrogen and oxygen atoms in total. The van der Waals surface area contributed by atoms with Crippen LogP contribution in [0.1, 0.15) is 49.9 Å². The quantitative estimate of drug-likeness (QED) is 0.176. The Morgan fingerprint density at radius 1 is 0.389 bits per heavy atom. The van der Waals surface area contributed by atoms with E-state index in [1.54, 1.807) is 0 Å². The molecule has 0 saturated heterocycles. The molecular formula is C52H39NS. The summed E-state index contributed by atoms with van der Waals surface area (Å²) in [6, 6.07) is 61.5. The topological polar surface area (TPSA) is 3.24 Å². The van der Waals surface area contributed by atoms with Gasteiger partial charge in [-0.25, -0.2) is 0 Å². The van der Waals surface area contributed by atoms with Crippen LogP contribution in [-0.4, -0.2) is 0 Å². The van der Waals surface area contributed by atoms with E-state index in [4.69, 9.17) is 0 Å². The lowest BCUT2D eigenvalue weighted by molar-refractivity contribution is 0.660. The van der Waals surface area contributed by atoms with Gasteiger partial charge in [0.25, 0.3) is 0 Å². The number of hydrogen-bond donors (Lipinski definition) is 0. The van der Waals surface area contributed by atoms with E-state index in [0.29, 0.717) is 0 Å². The zero-order chi connectivity index (χ0) is 36.3. The van der Waals surface area contributed by atoms with Crippen LogP contribution in [0.4, 0.5) is 17.1 Å². The highest BCUT2D eigenvalue weighted by molar-refractivity contribution is 7.26. The van der Waals surface area contributed by atoms with Gasteiger partial charge in [0, 0.05) is 48.1 Å². The fraction of sp³-hybridized carbons (Fsp3) is 0.115. The fourth-order valence-electron chi connectivity index (χ4n) is 9.60. The normalized spacial score (nSPS) is 14.6. The largest absolute Gasteiger partial charge is 0.310 e. The Labute approximate surface area is 320 Å². The maximum Gasteiger partial charge on any atom is 0.0465 e. The summed E-state index contributed by atoms with van der Waals surface area (Å²) in [4.78, 5) is 2.46. The molecule has 2 aliphatic carbocycles. The van der Waals surface area contributed by atoms with E-state index in [-0.39, 0.29) is 10.8 Å². The van der Waals surface area contributed by atoms with E-state index in [1.165, 1.54) is 98.0 Å². The second kappa shape index (κ2) is 11.3. The van der Waals surface area contributed by atoms with Crippen LogP contribution in [0.3, 0.4) is 0 Å². The van der Waals surface area contributed by atoms with E-state index < -0.39 is 0 Å². The lowest BCUT2D eigenvalue weighted by atomic mass is 9.82. The highest BCUT2D eigenvalue weighted by atomic mass is 32.1. The molecule has 8 aromatic carbocycles. The van der Waals surface area contributed by atoms with E-state index in [2.05, 4.69) is 196 Å². The molecule has 0 N–H and O–H groups in total. The Hall–Kier alpha value is -5.96. The Kier molecular flexibility index (Phi) is 6.59. The second-order valence-corrected chi connectivity index (χ2v) is 17.2. The average Bonchev–Trinajstić information content (AvgIpc) is 3.78. The van der Waals surface area contributed by atoms with Gasteiger partial charge in [0.1, 0.15) is 0 Å². The first-order chi connectivity index (χ1) is 26.3. The molecule has 2 aliphatic rings. The third-order valence-electron chi connectivity index (χ3n) is 12.5. The van der Waals surface area contributed by atoms with E-state index in [0.717, 1.165) is 5.69 Å². The van der Waals surface area contributed by atoms with Crippen LogP contribution in [0, 0.1) is 0 Å². The van der Waals surface area contributed by atoms with Crippen molar-refractivity contribution < 1.29 is 0 Å². The zero-order valence-corrected chi connectivity index (χ0v) is 31.8. The molecule has 54 heavy (non-hydrogen) atoms. The summed E-state index contributed by atoms with van der Waals surface area (Å²) in [5.41, 5.74) is 16.7. The first kappa shape index (κ1) is 31.6. The first-order valence-corrected chi connectivity index (χ1v) is 19.8. The van der Waals surface area contributed by atoms with Gasteiger partial charge in [-0.15, -0.1) is 11.3 Å². The first-order valence-electron chi connectivity index (χ1n) is 19.0. The number of anilines is 3. The van der Waals surface area contributed by atoms with Crippen LogP contribution < -0.4 is 4.90 Å². The zero-order valence-electron chi connectivity index (χ0n) is 30.9. The molecule has 0 aliphatic heterocycles. The molecule has 0 fully saturated rings. The molecular weight excluding hydrogens is 671 g/mol. The lowest BCUT2D eigenvalue weighted by Crippen LogP contribution is -2.18. The van der Waals surface area contributed by atoms with Crippen molar-refractivity contribution in [2.24, 2.45) is 0 Å². The summed E-state index contributed by atoms with van der Waals surface area (Å²) < 4.78 is 2.70. The summed E-state index contributed by atoms with van der Waals surface area (Å²) in [5.74, 6) is 0. The maximum atomic E-state index is 2.46. The van der Waals surface area contributed by atoms with E-state index in [9.17, 15) is 0 Å². The third kappa shape index (κ3) is 4.44. The average molecular weight is 710 g/mol. The number of rotatable bonds is 4. The Morgan fingerprint density at radius 2 is 0.926 bits per heavy atom. The Balaban J connectivity index is 1.04. The van der Waals surface area contributed by atoms with Crippen molar-refractivity contribution in [3.05, 3.63) is 186 Å². The molecule has 0 atom stereocenters. The predicted octanol–water partition coefficient (Wildman–Crippen LogP) is 15.0. The fourth-order valence-corrected chi connectivity index (χ4v) is 10.8. The number of fused-ring (bicyclic) bond motifs is 11. The Bertz CT molecular complexity index is 2890. The van der Waals surface area contributed by atoms with Gasteiger partial charge in [-0.2, -0.15) is 0 Å². The minimum absolute atomic E-state index is 0.0875. The van der Waals surface area contributed by atoms with Gasteiger partial charge >= 0.3 is 0 Å². The summed E-state index contributed by atoms with van der Waals surface area (Å²) in [6.07, 6.45) is 0. The minimum atomic E-state index is -0.0875. The lowest BCUT2D eigenvalue weighted by Gasteiger charge is -2.30. The van der Waals surface area contributed by atoms with Crippen molar-refractivity contribution in [3.63, 3.8) is 0 Å². The van der Waals surface area contributed by atoms with E-state index in [1.807, 2.05) is 11.3 Å². The van der Waals surface area contributed by atoms with Gasteiger partial charge in [-0.3, -0.25) is 0 Å². The summed E-state index contributed by atoms with van der Waals surface area (Å²) in [6.45, 7) is 9.47. The molecule has 0 amide bonds. The second-order valence-electron chi connectivity index (χ2n) is 16.2. The van der Waals surface area contributed by atoms with Crippen molar-refractivity contribution in [2.75, 3.05) is 4.90 Å². The highest BCUT2D eigenvalue weighted by Gasteiger charge is 2.37. The summed E-state index contributed by atoms with van der Waals surface area (Å²) in [5, 5.41) is 5.29. The molecule has 11 rings (SSSR count). The van der Waals surface area contributed by atoms with Crippen LogP contribution in [0.2, 0.25) is 0 Å². The van der Waals surface area contributed by atoms with Crippen LogP contribution in [0.15, 0.2) is 164 Å². The van der Waals surface area contributed by atoms with Crippen LogP contribution >= 0.6 is 11.3 Å². The molecule has 1 aromatic heterocycles. The van der Waals surface area contributed by atoms with E-state index >= 15 is 0 Å². The number of nitrogens with zero attached hydrogens (tertiary/aromatic N) is 1. The minimum Gasteiger partial charge on any atom is -0.310 e. The van der Waals surface area contributed by atoms with Gasteiger partial charge in [0.15, 0.2) is 0 Å². The third-order valence-corrected chi connectivity index (χ3v) is 13.7. The van der Waals surface area contributed by atoms with Crippen molar-refractivity contribution >= 4 is 59.3 Å². The summed E-state index contributed by atoms with van der Waals surface area (Å²) >= 11 is 1.90. The Morgan fingerprint density at radius 3 is 1.57 bits per heavy atom. The molecule has 258 valence electrons. The molecule has 2 heteroatoms. The maximum absolute atomic E-state index is 2.46. The molecule has 1 heterocycles. The van der Waals surface area contributed by atoms with Crippen molar-refractivity contribution in [3.8, 4) is 33.4 Å². The van der Waals surface area contributed by atoms with Crippen LogP contribution in [0.25, 0.3) is 64.3 Å². The standard InChI is InChI=1S/C52H39NS/c1-51(2)45-15-9-7-13-39(45)41-26-23-36(30-47(41)51)53(37-24-27-42-40-14-8-10-16-46(40)52(3,4)48(42)31-37)35-21-17-32(18-22-35)34-20-28-49-44(29-34)43-25-19-33-11-5-6-12-38(33)50(43)54-49/h5-31H,1-4H3. The highest BCUT2D eigenvalue weighted by Crippen LogP contribution is 2.53. The van der Waals surface area contributed by atoms with Crippen LogP contribution in [0.5, 0.6) is 0 Å². The molecule has 9 aromatic rings. The van der Waals surface area contributed by atoms with Crippen molar-refractivity contribution in [1.29, 1.82) is 0 Å². The number of benzene rings is 8. The number of thiophene rings is 1. The van der Waals surface area contributed by atoms with Gasteiger partial charge < -0.3 is 4.90 Å². The predicted molar refractivity (Wildman–Crippen MR) is 232 cm³/mol. The van der Waals surface area contributed by atoms with Crippen molar-refractivity contribution in [1.82, 2.24) is 0 Å². The molecule has 0 unspecified atom stereocenters. The smallest absolute Gasteiger partial charge is 0.0465 e. The van der Waals surface area contributed by atoms with Gasteiger partial charge in [-0.05, 0) is 115 Å². The SMILES string of the molecule is CC1(C)c2ccccc2-c2ccc(N(c3ccc(-c4ccc5sc6c7ccccc7ccc6c5c4)cc3)c3ccc4c(c3)C(C)(C)c3ccccc3-4)cc21. The summed E-state index contributed by atoms with van der Waals surface area (Å²) in [7, 11) is 0. The molecule has 0 bridgehead atoms. The van der Waals surface area contributed by atoms with Gasteiger partial charge in [-0.1, -0.05) is 143 Å². The van der Waals surface area contributed by atoms with Crippen molar-refractivity contribution in [2.45, 2.75) is 38.5 Å².